The Morgan fingerprint density at radius 2 is 1.91 bits per heavy atom. The van der Waals surface area contributed by atoms with Crippen LogP contribution >= 0.6 is 11.6 Å². The average Bonchev–Trinajstić information content (AvgIpc) is 2.50. The lowest BCUT2D eigenvalue weighted by molar-refractivity contribution is -0.124. The predicted molar refractivity (Wildman–Crippen MR) is 87.3 cm³/mol. The summed E-state index contributed by atoms with van der Waals surface area (Å²) in [4.78, 5) is 12.2. The Morgan fingerprint density at radius 1 is 1.23 bits per heavy atom. The normalized spacial score (nSPS) is 12.0. The lowest BCUT2D eigenvalue weighted by atomic mass is 9.97. The maximum Gasteiger partial charge on any atom is 0.223 e. The van der Waals surface area contributed by atoms with Crippen LogP contribution in [0.15, 0.2) is 42.5 Å². The highest BCUT2D eigenvalue weighted by Crippen LogP contribution is 2.19. The van der Waals surface area contributed by atoms with Gasteiger partial charge < -0.3 is 5.32 Å². The number of rotatable bonds is 5. The topological polar surface area (TPSA) is 29.1 Å². The Morgan fingerprint density at radius 3 is 2.59 bits per heavy atom. The van der Waals surface area contributed by atoms with Gasteiger partial charge in [-0.05, 0) is 54.3 Å². The zero-order valence-electron chi connectivity index (χ0n) is 12.7. The summed E-state index contributed by atoms with van der Waals surface area (Å²) in [6, 6.07) is 11.8. The molecule has 1 atom stereocenters. The van der Waals surface area contributed by atoms with E-state index in [1.165, 1.54) is 12.1 Å². The number of nitrogens with one attached hydrogen (secondary N) is 1. The van der Waals surface area contributed by atoms with E-state index in [1.54, 1.807) is 12.1 Å². The number of carbonyl (C=O) groups excluding carboxylic acids is 1. The highest BCUT2D eigenvalue weighted by Gasteiger charge is 2.14. The van der Waals surface area contributed by atoms with Crippen LogP contribution in [0.2, 0.25) is 5.02 Å². The zero-order valence-corrected chi connectivity index (χ0v) is 13.5. The summed E-state index contributed by atoms with van der Waals surface area (Å²) in [5.74, 6) is -0.457. The summed E-state index contributed by atoms with van der Waals surface area (Å²) in [6.07, 6.45) is 0.641. The molecule has 1 unspecified atom stereocenters. The van der Waals surface area contributed by atoms with Crippen LogP contribution < -0.4 is 5.32 Å². The molecule has 4 heteroatoms. The molecule has 22 heavy (non-hydrogen) atoms. The molecule has 2 aromatic carbocycles. The quantitative estimate of drug-likeness (QED) is 0.875. The number of carbonyl (C=O) groups is 1. The van der Waals surface area contributed by atoms with E-state index in [-0.39, 0.29) is 17.6 Å². The van der Waals surface area contributed by atoms with Crippen LogP contribution in [0.4, 0.5) is 4.39 Å². The van der Waals surface area contributed by atoms with Gasteiger partial charge in [0.15, 0.2) is 0 Å². The first kappa shape index (κ1) is 16.5. The third kappa shape index (κ3) is 4.57. The summed E-state index contributed by atoms with van der Waals surface area (Å²) in [5.41, 5.74) is 3.08. The largest absolute Gasteiger partial charge is 0.352 e. The first-order valence-corrected chi connectivity index (χ1v) is 7.60. The second-order valence-electron chi connectivity index (χ2n) is 5.52. The fourth-order valence-corrected chi connectivity index (χ4v) is 2.44. The molecule has 0 heterocycles. The highest BCUT2D eigenvalue weighted by molar-refractivity contribution is 6.30. The van der Waals surface area contributed by atoms with Crippen LogP contribution in [0, 0.1) is 18.7 Å². The van der Waals surface area contributed by atoms with Gasteiger partial charge in [-0.3, -0.25) is 4.79 Å². The van der Waals surface area contributed by atoms with E-state index in [1.807, 2.05) is 32.0 Å². The van der Waals surface area contributed by atoms with Crippen molar-refractivity contribution in [3.05, 3.63) is 70.0 Å². The van der Waals surface area contributed by atoms with Gasteiger partial charge in [-0.15, -0.1) is 0 Å². The van der Waals surface area contributed by atoms with Gasteiger partial charge in [-0.2, -0.15) is 0 Å². The van der Waals surface area contributed by atoms with Crippen molar-refractivity contribution in [2.45, 2.75) is 26.8 Å². The fraction of sp³-hybridized carbons (Fsp3) is 0.278. The molecule has 2 aromatic rings. The maximum atomic E-state index is 12.8. The van der Waals surface area contributed by atoms with E-state index in [0.29, 0.717) is 18.0 Å². The van der Waals surface area contributed by atoms with E-state index in [9.17, 15) is 9.18 Å². The van der Waals surface area contributed by atoms with Gasteiger partial charge in [-0.1, -0.05) is 36.7 Å². The van der Waals surface area contributed by atoms with Crippen molar-refractivity contribution in [3.63, 3.8) is 0 Å². The molecule has 1 N–H and O–H groups in total. The number of hydrogen-bond donors (Lipinski definition) is 1. The molecule has 0 spiro atoms. The molecule has 0 saturated carbocycles. The smallest absolute Gasteiger partial charge is 0.223 e. The van der Waals surface area contributed by atoms with Gasteiger partial charge in [-0.25, -0.2) is 4.39 Å². The number of hydrogen-bond acceptors (Lipinski definition) is 1. The molecule has 0 aliphatic carbocycles. The SMILES string of the molecule is Cc1ccc(Cl)cc1CC(C)C(=O)NCc1ccc(F)cc1. The first-order chi connectivity index (χ1) is 10.5. The highest BCUT2D eigenvalue weighted by atomic mass is 35.5. The molecule has 2 nitrogen and oxygen atoms in total. The number of benzene rings is 2. The molecule has 0 saturated heterocycles. The minimum Gasteiger partial charge on any atom is -0.352 e. The number of aryl methyl sites for hydroxylation is 1. The molecule has 116 valence electrons. The zero-order chi connectivity index (χ0) is 16.1. The average molecular weight is 320 g/mol. The molecule has 0 aromatic heterocycles. The molecular weight excluding hydrogens is 301 g/mol. The van der Waals surface area contributed by atoms with E-state index >= 15 is 0 Å². The van der Waals surface area contributed by atoms with E-state index < -0.39 is 0 Å². The van der Waals surface area contributed by atoms with Crippen LogP contribution in [0.3, 0.4) is 0 Å². The van der Waals surface area contributed by atoms with Crippen molar-refractivity contribution in [2.24, 2.45) is 5.92 Å². The number of halogens is 2. The Kier molecular flexibility index (Phi) is 5.56. The molecule has 0 fully saturated rings. The minimum absolute atomic E-state index is 0.0244. The summed E-state index contributed by atoms with van der Waals surface area (Å²) >= 11 is 6.00. The van der Waals surface area contributed by atoms with Crippen LogP contribution in [-0.4, -0.2) is 5.91 Å². The van der Waals surface area contributed by atoms with Crippen LogP contribution in [0.1, 0.15) is 23.6 Å². The molecule has 0 bridgehead atoms. The van der Waals surface area contributed by atoms with Crippen molar-refractivity contribution in [1.82, 2.24) is 5.32 Å². The third-order valence-electron chi connectivity index (χ3n) is 3.66. The Bertz CT molecular complexity index is 655. The van der Waals surface area contributed by atoms with Crippen LogP contribution in [0.25, 0.3) is 0 Å². The van der Waals surface area contributed by atoms with Gasteiger partial charge in [0.25, 0.3) is 0 Å². The van der Waals surface area contributed by atoms with Gasteiger partial charge in [0.05, 0.1) is 0 Å². The van der Waals surface area contributed by atoms with Crippen LogP contribution in [-0.2, 0) is 17.8 Å². The summed E-state index contributed by atoms with van der Waals surface area (Å²) < 4.78 is 12.8. The third-order valence-corrected chi connectivity index (χ3v) is 3.90. The maximum absolute atomic E-state index is 12.8. The lowest BCUT2D eigenvalue weighted by Crippen LogP contribution is -2.30. The van der Waals surface area contributed by atoms with E-state index in [4.69, 9.17) is 11.6 Å². The van der Waals surface area contributed by atoms with Crippen molar-refractivity contribution < 1.29 is 9.18 Å². The summed E-state index contributed by atoms with van der Waals surface area (Å²) in [5, 5.41) is 3.56. The molecule has 0 aliphatic rings. The molecule has 0 radical (unpaired) electrons. The van der Waals surface area contributed by atoms with Crippen molar-refractivity contribution >= 4 is 17.5 Å². The van der Waals surface area contributed by atoms with Crippen molar-refractivity contribution in [1.29, 1.82) is 0 Å². The van der Waals surface area contributed by atoms with Gasteiger partial charge >= 0.3 is 0 Å². The fourth-order valence-electron chi connectivity index (χ4n) is 2.25. The second kappa shape index (κ2) is 7.41. The van der Waals surface area contributed by atoms with Gasteiger partial charge in [0.1, 0.15) is 5.82 Å². The van der Waals surface area contributed by atoms with Gasteiger partial charge in [0, 0.05) is 17.5 Å². The summed E-state index contributed by atoms with van der Waals surface area (Å²) in [7, 11) is 0. The second-order valence-corrected chi connectivity index (χ2v) is 5.96. The minimum atomic E-state index is -0.278. The molecule has 2 rings (SSSR count). The van der Waals surface area contributed by atoms with Crippen molar-refractivity contribution in [3.8, 4) is 0 Å². The Labute approximate surface area is 135 Å². The van der Waals surface area contributed by atoms with Crippen molar-refractivity contribution in [2.75, 3.05) is 0 Å². The first-order valence-electron chi connectivity index (χ1n) is 7.23. The standard InChI is InChI=1S/C18H19ClFNO/c1-12-3-6-16(19)10-15(12)9-13(2)18(22)21-11-14-4-7-17(20)8-5-14/h3-8,10,13H,9,11H2,1-2H3,(H,21,22). The summed E-state index contributed by atoms with van der Waals surface area (Å²) in [6.45, 7) is 4.30. The lowest BCUT2D eigenvalue weighted by Gasteiger charge is -2.14. The Balaban J connectivity index is 1.91. The van der Waals surface area contributed by atoms with E-state index in [0.717, 1.165) is 16.7 Å². The van der Waals surface area contributed by atoms with E-state index in [2.05, 4.69) is 5.32 Å². The predicted octanol–water partition coefficient (Wildman–Crippen LogP) is 4.28. The monoisotopic (exact) mass is 319 g/mol. The molecule has 1 amide bonds. The van der Waals surface area contributed by atoms with Gasteiger partial charge in [0.2, 0.25) is 5.91 Å². The van der Waals surface area contributed by atoms with Crippen LogP contribution in [0.5, 0.6) is 0 Å². The number of amides is 1. The Hall–Kier alpha value is -1.87. The molecular formula is C18H19ClFNO. The molecule has 0 aliphatic heterocycles.